The summed E-state index contributed by atoms with van der Waals surface area (Å²) < 4.78 is 30.6. The maximum atomic E-state index is 11.6. The number of aliphatic imine (C=N–C) groups is 1. The monoisotopic (exact) mass is 456 g/mol. The van der Waals surface area contributed by atoms with Crippen LogP contribution in [0.2, 0.25) is 0 Å². The molecule has 9 heteroatoms. The Balaban J connectivity index is 0.00000484. The van der Waals surface area contributed by atoms with Crippen LogP contribution in [0.5, 0.6) is 0 Å². The van der Waals surface area contributed by atoms with Crippen molar-refractivity contribution in [2.45, 2.75) is 24.4 Å². The van der Waals surface area contributed by atoms with E-state index in [1.54, 1.807) is 38.4 Å². The summed E-state index contributed by atoms with van der Waals surface area (Å²) in [5.41, 5.74) is 0.956. The van der Waals surface area contributed by atoms with E-state index in [1.165, 1.54) is 7.05 Å². The van der Waals surface area contributed by atoms with Gasteiger partial charge in [0.1, 0.15) is 0 Å². The van der Waals surface area contributed by atoms with Gasteiger partial charge in [-0.05, 0) is 31.7 Å². The molecule has 0 bridgehead atoms. The Labute approximate surface area is 155 Å². The predicted molar refractivity (Wildman–Crippen MR) is 103 cm³/mol. The highest BCUT2D eigenvalue weighted by atomic mass is 127. The van der Waals surface area contributed by atoms with Gasteiger partial charge in [0, 0.05) is 26.7 Å². The van der Waals surface area contributed by atoms with Crippen LogP contribution in [0.4, 0.5) is 0 Å². The first-order valence-electron chi connectivity index (χ1n) is 6.91. The summed E-state index contributed by atoms with van der Waals surface area (Å²) in [6.07, 6.45) is 0. The molecule has 1 unspecified atom stereocenters. The number of rotatable bonds is 7. The van der Waals surface area contributed by atoms with Gasteiger partial charge in [-0.15, -0.1) is 24.0 Å². The van der Waals surface area contributed by atoms with Gasteiger partial charge in [0.05, 0.1) is 11.5 Å². The Morgan fingerprint density at radius 1 is 1.30 bits per heavy atom. The average Bonchev–Trinajstić information content (AvgIpc) is 2.52. The van der Waals surface area contributed by atoms with Crippen LogP contribution in [-0.4, -0.2) is 48.2 Å². The van der Waals surface area contributed by atoms with Gasteiger partial charge < -0.3 is 15.4 Å². The van der Waals surface area contributed by atoms with E-state index in [2.05, 4.69) is 20.3 Å². The van der Waals surface area contributed by atoms with Crippen LogP contribution in [0.1, 0.15) is 12.5 Å². The number of nitrogens with one attached hydrogen (secondary N) is 3. The molecule has 0 aliphatic carbocycles. The molecule has 7 nitrogen and oxygen atoms in total. The van der Waals surface area contributed by atoms with E-state index in [4.69, 9.17) is 4.74 Å². The van der Waals surface area contributed by atoms with Crippen LogP contribution in [0.15, 0.2) is 34.2 Å². The van der Waals surface area contributed by atoms with Gasteiger partial charge in [-0.25, -0.2) is 13.1 Å². The summed E-state index contributed by atoms with van der Waals surface area (Å²) in [5.74, 6) is 0.663. The molecule has 3 N–H and O–H groups in total. The number of halogens is 1. The van der Waals surface area contributed by atoms with Gasteiger partial charge in [0.15, 0.2) is 5.96 Å². The molecule has 0 amide bonds. The van der Waals surface area contributed by atoms with Crippen LogP contribution in [0, 0.1) is 0 Å². The zero-order valence-electron chi connectivity index (χ0n) is 13.8. The lowest BCUT2D eigenvalue weighted by Crippen LogP contribution is -2.43. The summed E-state index contributed by atoms with van der Waals surface area (Å²) in [5, 5.41) is 6.36. The number of sulfonamides is 1. The lowest BCUT2D eigenvalue weighted by atomic mass is 10.2. The second-order valence-electron chi connectivity index (χ2n) is 4.78. The Morgan fingerprint density at radius 3 is 2.39 bits per heavy atom. The first kappa shape index (κ1) is 22.1. The molecule has 0 saturated heterocycles. The molecule has 0 aliphatic heterocycles. The van der Waals surface area contributed by atoms with Crippen molar-refractivity contribution < 1.29 is 13.2 Å². The standard InChI is InChI=1S/C14H24N4O3S.HI/c1-11(10-21-4)18-14(15-2)17-9-12-5-7-13(8-6-12)22(19,20)16-3;/h5-8,11,16H,9-10H2,1-4H3,(H2,15,17,18);1H. The summed E-state index contributed by atoms with van der Waals surface area (Å²) in [7, 11) is 1.34. The van der Waals surface area contributed by atoms with Crippen molar-refractivity contribution in [1.82, 2.24) is 15.4 Å². The molecule has 23 heavy (non-hydrogen) atoms. The van der Waals surface area contributed by atoms with Crippen molar-refractivity contribution in [3.8, 4) is 0 Å². The lowest BCUT2D eigenvalue weighted by Gasteiger charge is -2.17. The normalized spacial score (nSPS) is 13.1. The van der Waals surface area contributed by atoms with Crippen molar-refractivity contribution in [2.75, 3.05) is 27.8 Å². The largest absolute Gasteiger partial charge is 0.383 e. The third kappa shape index (κ3) is 7.46. The first-order valence-corrected chi connectivity index (χ1v) is 8.40. The predicted octanol–water partition coefficient (Wildman–Crippen LogP) is 0.913. The minimum Gasteiger partial charge on any atom is -0.383 e. The second kappa shape index (κ2) is 10.8. The molecule has 1 aromatic rings. The van der Waals surface area contributed by atoms with Crippen molar-refractivity contribution in [3.63, 3.8) is 0 Å². The van der Waals surface area contributed by atoms with Gasteiger partial charge in [-0.1, -0.05) is 12.1 Å². The minimum atomic E-state index is -3.39. The Bertz CT molecular complexity index is 591. The molecule has 1 atom stereocenters. The fourth-order valence-corrected chi connectivity index (χ4v) is 2.54. The molecule has 0 saturated carbocycles. The van der Waals surface area contributed by atoms with Gasteiger partial charge >= 0.3 is 0 Å². The Hall–Kier alpha value is -0.910. The molecule has 0 radical (unpaired) electrons. The average molecular weight is 456 g/mol. The van der Waals surface area contributed by atoms with Gasteiger partial charge in [-0.2, -0.15) is 0 Å². The zero-order chi connectivity index (χ0) is 16.6. The van der Waals surface area contributed by atoms with Crippen LogP contribution < -0.4 is 15.4 Å². The van der Waals surface area contributed by atoms with E-state index in [9.17, 15) is 8.42 Å². The number of ether oxygens (including phenoxy) is 1. The van der Waals surface area contributed by atoms with E-state index in [0.29, 0.717) is 19.1 Å². The molecule has 1 aromatic carbocycles. The molecular weight excluding hydrogens is 431 g/mol. The fourth-order valence-electron chi connectivity index (χ4n) is 1.81. The highest BCUT2D eigenvalue weighted by Crippen LogP contribution is 2.09. The summed E-state index contributed by atoms with van der Waals surface area (Å²) in [4.78, 5) is 4.37. The number of hydrogen-bond donors (Lipinski definition) is 3. The van der Waals surface area contributed by atoms with E-state index in [0.717, 1.165) is 5.56 Å². The van der Waals surface area contributed by atoms with Crippen molar-refractivity contribution >= 4 is 40.0 Å². The smallest absolute Gasteiger partial charge is 0.240 e. The van der Waals surface area contributed by atoms with E-state index in [-0.39, 0.29) is 34.9 Å². The Kier molecular flexibility index (Phi) is 10.4. The van der Waals surface area contributed by atoms with E-state index >= 15 is 0 Å². The number of hydrogen-bond acceptors (Lipinski definition) is 4. The highest BCUT2D eigenvalue weighted by molar-refractivity contribution is 14.0. The van der Waals surface area contributed by atoms with Crippen LogP contribution in [0.3, 0.4) is 0 Å². The second-order valence-corrected chi connectivity index (χ2v) is 6.66. The van der Waals surface area contributed by atoms with Crippen molar-refractivity contribution in [3.05, 3.63) is 29.8 Å². The molecule has 0 aromatic heterocycles. The SMILES string of the molecule is CN=C(NCc1ccc(S(=O)(=O)NC)cc1)NC(C)COC.I. The Morgan fingerprint density at radius 2 is 1.91 bits per heavy atom. The molecule has 1 rings (SSSR count). The van der Waals surface area contributed by atoms with Gasteiger partial charge in [-0.3, -0.25) is 4.99 Å². The van der Waals surface area contributed by atoms with Gasteiger partial charge in [0.25, 0.3) is 0 Å². The van der Waals surface area contributed by atoms with Crippen molar-refractivity contribution in [2.24, 2.45) is 4.99 Å². The summed E-state index contributed by atoms with van der Waals surface area (Å²) in [6, 6.07) is 6.82. The van der Waals surface area contributed by atoms with E-state index < -0.39 is 10.0 Å². The third-order valence-electron chi connectivity index (χ3n) is 2.99. The molecule has 0 heterocycles. The number of benzene rings is 1. The quantitative estimate of drug-likeness (QED) is 0.323. The van der Waals surface area contributed by atoms with Crippen LogP contribution >= 0.6 is 24.0 Å². The third-order valence-corrected chi connectivity index (χ3v) is 4.42. The van der Waals surface area contributed by atoms with Crippen LogP contribution in [0.25, 0.3) is 0 Å². The topological polar surface area (TPSA) is 91.8 Å². The number of nitrogens with zero attached hydrogens (tertiary/aromatic N) is 1. The lowest BCUT2D eigenvalue weighted by molar-refractivity contribution is 0.179. The summed E-state index contributed by atoms with van der Waals surface area (Å²) in [6.45, 7) is 3.12. The minimum absolute atomic E-state index is 0. The van der Waals surface area contributed by atoms with E-state index in [1.807, 2.05) is 6.92 Å². The number of methoxy groups -OCH3 is 1. The summed E-state index contributed by atoms with van der Waals surface area (Å²) >= 11 is 0. The van der Waals surface area contributed by atoms with Gasteiger partial charge in [0.2, 0.25) is 10.0 Å². The molecule has 132 valence electrons. The molecule has 0 aliphatic rings. The zero-order valence-corrected chi connectivity index (χ0v) is 16.9. The number of guanidine groups is 1. The molecular formula is C14H25IN4O3S. The first-order chi connectivity index (χ1) is 10.4. The van der Waals surface area contributed by atoms with Crippen LogP contribution in [-0.2, 0) is 21.3 Å². The maximum absolute atomic E-state index is 11.6. The van der Waals surface area contributed by atoms with Crippen molar-refractivity contribution in [1.29, 1.82) is 0 Å². The highest BCUT2D eigenvalue weighted by Gasteiger charge is 2.10. The maximum Gasteiger partial charge on any atom is 0.240 e. The molecule has 0 fully saturated rings. The molecule has 0 spiro atoms. The fraction of sp³-hybridized carbons (Fsp3) is 0.500.